The second-order valence-electron chi connectivity index (χ2n) is 4.57. The second kappa shape index (κ2) is 5.62. The lowest BCUT2D eigenvalue weighted by atomic mass is 9.78. The molecule has 0 spiro atoms. The van der Waals surface area contributed by atoms with Crippen molar-refractivity contribution < 1.29 is 14.7 Å². The molecule has 2 N–H and O–H groups in total. The SMILES string of the molecule is O=C(O)C1CCCCC1C(=O)Nc1cccnc1. The standard InChI is InChI=1S/C13H16N2O3/c16-12(15-9-4-3-7-14-8-9)10-5-1-2-6-11(10)13(17)18/h3-4,7-8,10-11H,1-2,5-6H2,(H,15,16)(H,17,18). The van der Waals surface area contributed by atoms with Crippen LogP contribution in [0.4, 0.5) is 5.69 Å². The third-order valence-electron chi connectivity index (χ3n) is 3.35. The molecule has 0 aromatic carbocycles. The Balaban J connectivity index is 2.05. The number of hydrogen-bond acceptors (Lipinski definition) is 3. The summed E-state index contributed by atoms with van der Waals surface area (Å²) >= 11 is 0. The number of amides is 1. The third kappa shape index (κ3) is 2.85. The molecule has 1 aliphatic carbocycles. The number of nitrogens with one attached hydrogen (secondary N) is 1. The van der Waals surface area contributed by atoms with Gasteiger partial charge in [-0.25, -0.2) is 0 Å². The highest BCUT2D eigenvalue weighted by atomic mass is 16.4. The molecule has 5 nitrogen and oxygen atoms in total. The van der Waals surface area contributed by atoms with Gasteiger partial charge in [0.2, 0.25) is 5.91 Å². The Hall–Kier alpha value is -1.91. The fraction of sp³-hybridized carbons (Fsp3) is 0.462. The van der Waals surface area contributed by atoms with E-state index in [2.05, 4.69) is 10.3 Å². The van der Waals surface area contributed by atoms with Crippen molar-refractivity contribution >= 4 is 17.6 Å². The van der Waals surface area contributed by atoms with Crippen molar-refractivity contribution in [3.63, 3.8) is 0 Å². The molecule has 1 aliphatic rings. The monoisotopic (exact) mass is 248 g/mol. The zero-order valence-electron chi connectivity index (χ0n) is 10.0. The molecule has 0 bridgehead atoms. The lowest BCUT2D eigenvalue weighted by Crippen LogP contribution is -2.36. The van der Waals surface area contributed by atoms with Gasteiger partial charge in [0.05, 0.1) is 23.7 Å². The number of carbonyl (C=O) groups is 2. The molecule has 2 unspecified atom stereocenters. The normalized spacial score (nSPS) is 23.3. The van der Waals surface area contributed by atoms with Crippen LogP contribution in [-0.4, -0.2) is 22.0 Å². The van der Waals surface area contributed by atoms with Crippen LogP contribution < -0.4 is 5.32 Å². The first kappa shape index (κ1) is 12.5. The molecule has 1 aromatic heterocycles. The van der Waals surface area contributed by atoms with Crippen LogP contribution in [0.2, 0.25) is 0 Å². The molecule has 2 atom stereocenters. The van der Waals surface area contributed by atoms with E-state index >= 15 is 0 Å². The maximum absolute atomic E-state index is 12.1. The number of carbonyl (C=O) groups excluding carboxylic acids is 1. The summed E-state index contributed by atoms with van der Waals surface area (Å²) in [7, 11) is 0. The molecule has 96 valence electrons. The zero-order valence-corrected chi connectivity index (χ0v) is 10.0. The number of hydrogen-bond donors (Lipinski definition) is 2. The van der Waals surface area contributed by atoms with E-state index in [1.807, 2.05) is 0 Å². The minimum atomic E-state index is -0.874. The van der Waals surface area contributed by atoms with E-state index in [0.717, 1.165) is 12.8 Å². The van der Waals surface area contributed by atoms with E-state index in [9.17, 15) is 9.59 Å². The Morgan fingerprint density at radius 3 is 2.61 bits per heavy atom. The van der Waals surface area contributed by atoms with Gasteiger partial charge >= 0.3 is 5.97 Å². The van der Waals surface area contributed by atoms with Crippen LogP contribution in [0, 0.1) is 11.8 Å². The maximum atomic E-state index is 12.1. The van der Waals surface area contributed by atoms with E-state index in [1.54, 1.807) is 24.5 Å². The molecule has 1 fully saturated rings. The molecule has 1 aromatic rings. The molecule has 1 saturated carbocycles. The minimum absolute atomic E-state index is 0.213. The maximum Gasteiger partial charge on any atom is 0.307 e. The number of anilines is 1. The molecule has 0 radical (unpaired) electrons. The lowest BCUT2D eigenvalue weighted by molar-refractivity contribution is -0.147. The quantitative estimate of drug-likeness (QED) is 0.856. The number of carboxylic acid groups (broad SMARTS) is 1. The second-order valence-corrected chi connectivity index (χ2v) is 4.57. The van der Waals surface area contributed by atoms with E-state index in [4.69, 9.17) is 5.11 Å². The summed E-state index contributed by atoms with van der Waals surface area (Å²) in [6.07, 6.45) is 6.19. The van der Waals surface area contributed by atoms with Gasteiger partial charge in [0.1, 0.15) is 0 Å². The van der Waals surface area contributed by atoms with Crippen LogP contribution in [0.15, 0.2) is 24.5 Å². The molecule has 1 amide bonds. The van der Waals surface area contributed by atoms with Crippen molar-refractivity contribution in [1.82, 2.24) is 4.98 Å². The van der Waals surface area contributed by atoms with E-state index in [-0.39, 0.29) is 5.91 Å². The lowest BCUT2D eigenvalue weighted by Gasteiger charge is -2.27. The molecular weight excluding hydrogens is 232 g/mol. The average molecular weight is 248 g/mol. The number of carboxylic acids is 1. The van der Waals surface area contributed by atoms with E-state index < -0.39 is 17.8 Å². The highest BCUT2D eigenvalue weighted by Crippen LogP contribution is 2.31. The summed E-state index contributed by atoms with van der Waals surface area (Å²) in [5.41, 5.74) is 0.609. The van der Waals surface area contributed by atoms with Crippen LogP contribution in [0.1, 0.15) is 25.7 Å². The van der Waals surface area contributed by atoms with E-state index in [0.29, 0.717) is 18.5 Å². The Morgan fingerprint density at radius 1 is 1.28 bits per heavy atom. The summed E-state index contributed by atoms with van der Waals surface area (Å²) < 4.78 is 0. The number of aromatic nitrogens is 1. The van der Waals surface area contributed by atoms with Gasteiger partial charge in [0.25, 0.3) is 0 Å². The largest absolute Gasteiger partial charge is 0.481 e. The molecular formula is C13H16N2O3. The summed E-state index contributed by atoms with van der Waals surface area (Å²) in [5.74, 6) is -2.08. The van der Waals surface area contributed by atoms with Crippen LogP contribution in [-0.2, 0) is 9.59 Å². The first-order valence-electron chi connectivity index (χ1n) is 6.12. The summed E-state index contributed by atoms with van der Waals surface area (Å²) in [4.78, 5) is 27.1. The topological polar surface area (TPSA) is 79.3 Å². The Bertz CT molecular complexity index is 433. The molecule has 0 aliphatic heterocycles. The predicted molar refractivity (Wildman–Crippen MR) is 66.0 cm³/mol. The van der Waals surface area contributed by atoms with Gasteiger partial charge in [-0.15, -0.1) is 0 Å². The number of pyridine rings is 1. The zero-order chi connectivity index (χ0) is 13.0. The Labute approximate surface area is 105 Å². The van der Waals surface area contributed by atoms with Crippen LogP contribution in [0.5, 0.6) is 0 Å². The van der Waals surface area contributed by atoms with Gasteiger partial charge in [0, 0.05) is 6.20 Å². The summed E-state index contributed by atoms with van der Waals surface area (Å²) in [6, 6.07) is 3.47. The smallest absolute Gasteiger partial charge is 0.307 e. The summed E-state index contributed by atoms with van der Waals surface area (Å²) in [5, 5.41) is 11.9. The van der Waals surface area contributed by atoms with Gasteiger partial charge in [-0.2, -0.15) is 0 Å². The molecule has 5 heteroatoms. The van der Waals surface area contributed by atoms with Crippen molar-refractivity contribution in [2.24, 2.45) is 11.8 Å². The van der Waals surface area contributed by atoms with Crippen molar-refractivity contribution in [2.75, 3.05) is 5.32 Å². The fourth-order valence-corrected chi connectivity index (χ4v) is 2.41. The highest BCUT2D eigenvalue weighted by molar-refractivity contribution is 5.95. The number of aliphatic carboxylic acids is 1. The van der Waals surface area contributed by atoms with Crippen LogP contribution in [0.3, 0.4) is 0 Å². The first-order chi connectivity index (χ1) is 8.68. The van der Waals surface area contributed by atoms with Crippen molar-refractivity contribution in [2.45, 2.75) is 25.7 Å². The van der Waals surface area contributed by atoms with Gasteiger partial charge < -0.3 is 10.4 Å². The molecule has 18 heavy (non-hydrogen) atoms. The third-order valence-corrected chi connectivity index (χ3v) is 3.35. The molecule has 0 saturated heterocycles. The summed E-state index contributed by atoms with van der Waals surface area (Å²) in [6.45, 7) is 0. The van der Waals surface area contributed by atoms with Crippen molar-refractivity contribution in [3.8, 4) is 0 Å². The Morgan fingerprint density at radius 2 is 2.00 bits per heavy atom. The number of nitrogens with zero attached hydrogens (tertiary/aromatic N) is 1. The van der Waals surface area contributed by atoms with Gasteiger partial charge in [-0.1, -0.05) is 12.8 Å². The van der Waals surface area contributed by atoms with Gasteiger partial charge in [0.15, 0.2) is 0 Å². The van der Waals surface area contributed by atoms with Crippen LogP contribution in [0.25, 0.3) is 0 Å². The van der Waals surface area contributed by atoms with E-state index in [1.165, 1.54) is 0 Å². The van der Waals surface area contributed by atoms with Crippen LogP contribution >= 0.6 is 0 Å². The predicted octanol–water partition coefficient (Wildman–Crippen LogP) is 1.91. The molecule has 2 rings (SSSR count). The molecule has 1 heterocycles. The Kier molecular flexibility index (Phi) is 3.92. The number of rotatable bonds is 3. The highest BCUT2D eigenvalue weighted by Gasteiger charge is 2.35. The first-order valence-corrected chi connectivity index (χ1v) is 6.12. The van der Waals surface area contributed by atoms with Gasteiger partial charge in [-0.05, 0) is 25.0 Å². The van der Waals surface area contributed by atoms with Crippen molar-refractivity contribution in [1.29, 1.82) is 0 Å². The fourth-order valence-electron chi connectivity index (χ4n) is 2.41. The van der Waals surface area contributed by atoms with Gasteiger partial charge in [-0.3, -0.25) is 14.6 Å². The minimum Gasteiger partial charge on any atom is -0.481 e. The average Bonchev–Trinajstić information content (AvgIpc) is 2.40. The van der Waals surface area contributed by atoms with Crippen molar-refractivity contribution in [3.05, 3.63) is 24.5 Å².